The van der Waals surface area contributed by atoms with Crippen molar-refractivity contribution in [3.63, 3.8) is 0 Å². The molecule has 0 aliphatic carbocycles. The number of anilines is 2. The third kappa shape index (κ3) is 4.27. The number of ether oxygens (including phenoxy) is 2. The Hall–Kier alpha value is -2.87. The van der Waals surface area contributed by atoms with Crippen LogP contribution in [-0.4, -0.2) is 37.0 Å². The lowest BCUT2D eigenvalue weighted by Gasteiger charge is -2.32. The summed E-state index contributed by atoms with van der Waals surface area (Å²) in [5, 5.41) is 3.29. The highest BCUT2D eigenvalue weighted by atomic mass is 32.1. The second-order valence-corrected chi connectivity index (χ2v) is 7.95. The highest BCUT2D eigenvalue weighted by molar-refractivity contribution is 7.16. The maximum absolute atomic E-state index is 12.6. The minimum Gasteiger partial charge on any atom is -0.479 e. The number of amides is 2. The molecule has 1 aromatic carbocycles. The van der Waals surface area contributed by atoms with Gasteiger partial charge in [-0.1, -0.05) is 12.1 Å². The summed E-state index contributed by atoms with van der Waals surface area (Å²) < 4.78 is 10.7. The number of carbonyl (C=O) groups is 3. The second-order valence-electron chi connectivity index (χ2n) is 6.72. The zero-order valence-electron chi connectivity index (χ0n) is 16.9. The first-order valence-electron chi connectivity index (χ1n) is 9.47. The van der Waals surface area contributed by atoms with Crippen LogP contribution in [0, 0.1) is 13.8 Å². The molecule has 7 nitrogen and oxygen atoms in total. The predicted octanol–water partition coefficient (Wildman–Crippen LogP) is 3.68. The van der Waals surface area contributed by atoms with Crippen molar-refractivity contribution in [1.82, 2.24) is 0 Å². The molecule has 0 spiro atoms. The maximum Gasteiger partial charge on any atom is 0.341 e. The Kier molecular flexibility index (Phi) is 6.22. The summed E-state index contributed by atoms with van der Waals surface area (Å²) in [7, 11) is 0. The average Bonchev–Trinajstić information content (AvgIpc) is 2.95. The molecular formula is C21H24N2O5S. The van der Waals surface area contributed by atoms with Gasteiger partial charge in [0.05, 0.1) is 17.9 Å². The molecule has 8 heteroatoms. The zero-order chi connectivity index (χ0) is 21.1. The largest absolute Gasteiger partial charge is 0.479 e. The molecule has 154 valence electrons. The Morgan fingerprint density at radius 2 is 2.00 bits per heavy atom. The minimum atomic E-state index is -0.606. The topological polar surface area (TPSA) is 84.9 Å². The van der Waals surface area contributed by atoms with E-state index in [1.165, 1.54) is 11.3 Å². The monoisotopic (exact) mass is 416 g/mol. The summed E-state index contributed by atoms with van der Waals surface area (Å²) in [6.07, 6.45) is -0.517. The molecule has 2 amide bonds. The Bertz CT molecular complexity index is 953. The van der Waals surface area contributed by atoms with Crippen molar-refractivity contribution in [2.45, 2.75) is 40.2 Å². The van der Waals surface area contributed by atoms with Crippen molar-refractivity contribution in [2.24, 2.45) is 0 Å². The second kappa shape index (κ2) is 8.65. The number of rotatable bonds is 6. The van der Waals surface area contributed by atoms with E-state index in [9.17, 15) is 14.4 Å². The lowest BCUT2D eigenvalue weighted by molar-refractivity contribution is -0.125. The number of benzene rings is 1. The molecule has 1 aliphatic heterocycles. The summed E-state index contributed by atoms with van der Waals surface area (Å²) in [6.45, 7) is 7.63. The molecule has 0 saturated heterocycles. The highest BCUT2D eigenvalue weighted by Crippen LogP contribution is 2.35. The molecule has 1 atom stereocenters. The lowest BCUT2D eigenvalue weighted by atomic mass is 10.1. The first kappa shape index (κ1) is 20.9. The van der Waals surface area contributed by atoms with E-state index < -0.39 is 12.1 Å². The molecule has 29 heavy (non-hydrogen) atoms. The van der Waals surface area contributed by atoms with E-state index in [1.807, 2.05) is 26.0 Å². The van der Waals surface area contributed by atoms with Crippen molar-refractivity contribution in [3.8, 4) is 5.75 Å². The van der Waals surface area contributed by atoms with Crippen molar-refractivity contribution >= 4 is 39.8 Å². The third-order valence-electron chi connectivity index (χ3n) is 4.75. The van der Waals surface area contributed by atoms with Gasteiger partial charge in [-0.2, -0.15) is 0 Å². The molecule has 1 aliphatic rings. The lowest BCUT2D eigenvalue weighted by Crippen LogP contribution is -2.45. The van der Waals surface area contributed by atoms with Gasteiger partial charge in [-0.25, -0.2) is 4.79 Å². The standard InChI is InChI=1S/C21H24N2O5S/c1-5-27-21(26)18-12(2)14(4)29-19(18)22-17(24)10-11-23-15-8-6-7-9-16(15)28-13(3)20(23)25/h6-9,13H,5,10-11H2,1-4H3,(H,22,24). The van der Waals surface area contributed by atoms with Crippen LogP contribution in [0.25, 0.3) is 0 Å². The number of hydrogen-bond acceptors (Lipinski definition) is 6. The number of nitrogens with zero attached hydrogens (tertiary/aromatic N) is 1. The van der Waals surface area contributed by atoms with Gasteiger partial charge in [0, 0.05) is 17.8 Å². The van der Waals surface area contributed by atoms with E-state index in [1.54, 1.807) is 30.9 Å². The maximum atomic E-state index is 12.6. The molecule has 0 bridgehead atoms. The quantitative estimate of drug-likeness (QED) is 0.726. The van der Waals surface area contributed by atoms with Crippen LogP contribution in [0.3, 0.4) is 0 Å². The van der Waals surface area contributed by atoms with Crippen LogP contribution in [0.15, 0.2) is 24.3 Å². The van der Waals surface area contributed by atoms with Gasteiger partial charge in [-0.15, -0.1) is 11.3 Å². The number of para-hydroxylation sites is 2. The van der Waals surface area contributed by atoms with E-state index in [0.29, 0.717) is 22.0 Å². The predicted molar refractivity (Wildman–Crippen MR) is 112 cm³/mol. The molecular weight excluding hydrogens is 392 g/mol. The van der Waals surface area contributed by atoms with Crippen LogP contribution in [0.1, 0.15) is 41.1 Å². The van der Waals surface area contributed by atoms with Gasteiger partial charge in [0.2, 0.25) is 5.91 Å². The van der Waals surface area contributed by atoms with Gasteiger partial charge >= 0.3 is 5.97 Å². The summed E-state index contributed by atoms with van der Waals surface area (Å²) >= 11 is 1.34. The van der Waals surface area contributed by atoms with Gasteiger partial charge in [0.15, 0.2) is 6.10 Å². The molecule has 2 aromatic rings. The van der Waals surface area contributed by atoms with Crippen molar-refractivity contribution in [1.29, 1.82) is 0 Å². The highest BCUT2D eigenvalue weighted by Gasteiger charge is 2.31. The third-order valence-corrected chi connectivity index (χ3v) is 5.88. The SMILES string of the molecule is CCOC(=O)c1c(NC(=O)CCN2C(=O)C(C)Oc3ccccc32)sc(C)c1C. The van der Waals surface area contributed by atoms with E-state index in [2.05, 4.69) is 5.32 Å². The normalized spacial score (nSPS) is 15.5. The zero-order valence-corrected chi connectivity index (χ0v) is 17.7. The van der Waals surface area contributed by atoms with Crippen molar-refractivity contribution in [2.75, 3.05) is 23.4 Å². The van der Waals surface area contributed by atoms with Crippen LogP contribution in [0.2, 0.25) is 0 Å². The summed E-state index contributed by atoms with van der Waals surface area (Å²) in [4.78, 5) is 39.9. The van der Waals surface area contributed by atoms with Crippen molar-refractivity contribution < 1.29 is 23.9 Å². The number of nitrogens with one attached hydrogen (secondary N) is 1. The number of fused-ring (bicyclic) bond motifs is 1. The number of thiophene rings is 1. The molecule has 1 unspecified atom stereocenters. The fourth-order valence-corrected chi connectivity index (χ4v) is 4.22. The first-order valence-corrected chi connectivity index (χ1v) is 10.3. The van der Waals surface area contributed by atoms with Gasteiger partial charge in [-0.3, -0.25) is 9.59 Å². The summed E-state index contributed by atoms with van der Waals surface area (Å²) in [5.41, 5.74) is 1.84. The molecule has 0 radical (unpaired) electrons. The fraction of sp³-hybridized carbons (Fsp3) is 0.381. The first-order chi connectivity index (χ1) is 13.8. The van der Waals surface area contributed by atoms with Crippen LogP contribution in [0.5, 0.6) is 5.75 Å². The average molecular weight is 416 g/mol. The van der Waals surface area contributed by atoms with E-state index in [4.69, 9.17) is 9.47 Å². The van der Waals surface area contributed by atoms with Gasteiger partial charge < -0.3 is 19.7 Å². The van der Waals surface area contributed by atoms with E-state index >= 15 is 0 Å². The number of carbonyl (C=O) groups excluding carboxylic acids is 3. The van der Waals surface area contributed by atoms with Crippen LogP contribution in [0.4, 0.5) is 10.7 Å². The van der Waals surface area contributed by atoms with Crippen LogP contribution < -0.4 is 15.0 Å². The van der Waals surface area contributed by atoms with Gasteiger partial charge in [0.1, 0.15) is 10.8 Å². The molecule has 2 heterocycles. The number of hydrogen-bond donors (Lipinski definition) is 1. The summed E-state index contributed by atoms with van der Waals surface area (Å²) in [6, 6.07) is 7.25. The van der Waals surface area contributed by atoms with Crippen LogP contribution in [-0.2, 0) is 14.3 Å². The Balaban J connectivity index is 1.72. The fourth-order valence-electron chi connectivity index (χ4n) is 3.16. The Morgan fingerprint density at radius 1 is 1.28 bits per heavy atom. The Morgan fingerprint density at radius 3 is 2.72 bits per heavy atom. The molecule has 0 fully saturated rings. The van der Waals surface area contributed by atoms with Gasteiger partial charge in [0.25, 0.3) is 5.91 Å². The van der Waals surface area contributed by atoms with E-state index in [-0.39, 0.29) is 31.4 Å². The van der Waals surface area contributed by atoms with Gasteiger partial charge in [-0.05, 0) is 45.4 Å². The smallest absolute Gasteiger partial charge is 0.341 e. The Labute approximate surface area is 173 Å². The van der Waals surface area contributed by atoms with Crippen LogP contribution >= 0.6 is 11.3 Å². The number of aryl methyl sites for hydroxylation is 1. The number of esters is 1. The molecule has 1 aromatic heterocycles. The van der Waals surface area contributed by atoms with Crippen molar-refractivity contribution in [3.05, 3.63) is 40.3 Å². The molecule has 0 saturated carbocycles. The molecule has 3 rings (SSSR count). The van der Waals surface area contributed by atoms with E-state index in [0.717, 1.165) is 10.4 Å². The molecule has 1 N–H and O–H groups in total. The minimum absolute atomic E-state index is 0.0883. The summed E-state index contributed by atoms with van der Waals surface area (Å²) in [5.74, 6) is -0.294.